The molecule has 1 N–H and O–H groups in total. The third-order valence-corrected chi connectivity index (χ3v) is 3.87. The molecule has 2 atom stereocenters. The Morgan fingerprint density at radius 2 is 1.81 bits per heavy atom. The number of esters is 1. The number of amides is 1. The van der Waals surface area contributed by atoms with Crippen molar-refractivity contribution in [3.8, 4) is 0 Å². The molecule has 1 aromatic carbocycles. The van der Waals surface area contributed by atoms with Gasteiger partial charge in [0, 0.05) is 11.2 Å². The summed E-state index contributed by atoms with van der Waals surface area (Å²) in [7, 11) is 1.34. The number of carbonyl (C=O) groups excluding carboxylic acids is 2. The van der Waals surface area contributed by atoms with Crippen molar-refractivity contribution in [3.05, 3.63) is 34.9 Å². The summed E-state index contributed by atoms with van der Waals surface area (Å²) in [6, 6.07) is 6.37. The number of alkyl carbamates (subject to hydrolysis) is 1. The number of aliphatic imine (C=N–C) groups is 1. The average Bonchev–Trinajstić information content (AvgIpc) is 2.56. The van der Waals surface area contributed by atoms with Gasteiger partial charge >= 0.3 is 12.1 Å². The van der Waals surface area contributed by atoms with Crippen LogP contribution < -0.4 is 5.32 Å². The molecule has 1 amide bonds. The van der Waals surface area contributed by atoms with Crippen molar-refractivity contribution in [2.24, 2.45) is 10.9 Å². The van der Waals surface area contributed by atoms with E-state index in [4.69, 9.17) is 21.1 Å². The van der Waals surface area contributed by atoms with E-state index in [-0.39, 0.29) is 30.5 Å². The van der Waals surface area contributed by atoms with E-state index >= 15 is 0 Å². The van der Waals surface area contributed by atoms with Crippen LogP contribution in [0.1, 0.15) is 45.7 Å². The van der Waals surface area contributed by atoms with Crippen molar-refractivity contribution in [1.82, 2.24) is 5.32 Å². The molecule has 0 aliphatic rings. The first-order valence-corrected chi connectivity index (χ1v) is 8.93. The van der Waals surface area contributed by atoms with Crippen molar-refractivity contribution >= 4 is 29.9 Å². The first-order valence-electron chi connectivity index (χ1n) is 8.55. The van der Waals surface area contributed by atoms with Crippen LogP contribution in [0.3, 0.4) is 0 Å². The van der Waals surface area contributed by atoms with E-state index in [1.165, 1.54) is 7.11 Å². The Balaban J connectivity index is 2.95. The van der Waals surface area contributed by atoms with E-state index < -0.39 is 12.1 Å². The molecule has 0 aliphatic heterocycles. The zero-order valence-electron chi connectivity index (χ0n) is 15.9. The lowest BCUT2D eigenvalue weighted by Crippen LogP contribution is -2.41. The molecule has 0 saturated carbocycles. The van der Waals surface area contributed by atoms with Crippen LogP contribution in [-0.2, 0) is 14.3 Å². The lowest BCUT2D eigenvalue weighted by molar-refractivity contribution is -0.141. The topological polar surface area (TPSA) is 77.0 Å². The maximum Gasteiger partial charge on any atom is 0.407 e. The number of halogens is 1. The van der Waals surface area contributed by atoms with E-state index in [1.54, 1.807) is 32.2 Å². The molecular weight excluding hydrogens is 356 g/mol. The third-order valence-electron chi connectivity index (χ3n) is 3.61. The number of hydrogen-bond acceptors (Lipinski definition) is 5. The minimum Gasteiger partial charge on any atom is -0.469 e. The van der Waals surface area contributed by atoms with Crippen LogP contribution in [-0.4, -0.2) is 37.5 Å². The average molecular weight is 383 g/mol. The lowest BCUT2D eigenvalue weighted by Gasteiger charge is -2.20. The van der Waals surface area contributed by atoms with Crippen LogP contribution in [0.25, 0.3) is 0 Å². The molecule has 0 bridgehead atoms. The highest BCUT2D eigenvalue weighted by molar-refractivity contribution is 6.30. The molecule has 0 saturated heterocycles. The second-order valence-corrected chi connectivity index (χ2v) is 6.95. The largest absolute Gasteiger partial charge is 0.469 e. The third kappa shape index (κ3) is 7.87. The quantitative estimate of drug-likeness (QED) is 0.540. The van der Waals surface area contributed by atoms with Gasteiger partial charge in [-0.05, 0) is 37.5 Å². The molecule has 26 heavy (non-hydrogen) atoms. The number of nitrogens with one attached hydrogen (secondary N) is 1. The molecule has 0 aliphatic carbocycles. The second kappa shape index (κ2) is 10.8. The Labute approximate surface area is 159 Å². The maximum atomic E-state index is 11.9. The molecule has 0 heterocycles. The normalized spacial score (nSPS) is 13.7. The number of hydrogen-bond donors (Lipinski definition) is 1. The van der Waals surface area contributed by atoms with Crippen LogP contribution in [0.5, 0.6) is 0 Å². The summed E-state index contributed by atoms with van der Waals surface area (Å²) < 4.78 is 9.88. The number of ether oxygens (including phenoxy) is 2. The predicted molar refractivity (Wildman–Crippen MR) is 103 cm³/mol. The lowest BCUT2D eigenvalue weighted by atomic mass is 10.0. The highest BCUT2D eigenvalue weighted by Gasteiger charge is 2.19. The van der Waals surface area contributed by atoms with Crippen molar-refractivity contribution in [2.45, 2.75) is 52.3 Å². The molecule has 0 spiro atoms. The van der Waals surface area contributed by atoms with Crippen molar-refractivity contribution in [1.29, 1.82) is 0 Å². The molecule has 1 rings (SSSR count). The van der Waals surface area contributed by atoms with Gasteiger partial charge in [0.25, 0.3) is 0 Å². The monoisotopic (exact) mass is 382 g/mol. The molecule has 6 nitrogen and oxygen atoms in total. The standard InChI is InChI=1S/C19H27ClN2O4/c1-12(2)17(22-19(24)26-13(3)4)11-21-16(10-18(23)25-5)14-6-8-15(20)9-7-14/h6-9,11-13,16-17H,10H2,1-5H3,(H,22,24). The number of rotatable bonds is 8. The van der Waals surface area contributed by atoms with Crippen molar-refractivity contribution in [2.75, 3.05) is 7.11 Å². The van der Waals surface area contributed by atoms with Crippen LogP contribution >= 0.6 is 11.6 Å². The van der Waals surface area contributed by atoms with E-state index in [2.05, 4.69) is 10.3 Å². The van der Waals surface area contributed by atoms with Gasteiger partial charge in [-0.1, -0.05) is 37.6 Å². The van der Waals surface area contributed by atoms with Gasteiger partial charge in [0.15, 0.2) is 0 Å². The summed E-state index contributed by atoms with van der Waals surface area (Å²) in [6.07, 6.45) is 1.03. The van der Waals surface area contributed by atoms with Gasteiger partial charge in [-0.15, -0.1) is 0 Å². The van der Waals surface area contributed by atoms with Gasteiger partial charge in [-0.2, -0.15) is 0 Å². The van der Waals surface area contributed by atoms with Crippen LogP contribution in [0.15, 0.2) is 29.3 Å². The molecule has 7 heteroatoms. The fourth-order valence-corrected chi connectivity index (χ4v) is 2.27. The summed E-state index contributed by atoms with van der Waals surface area (Å²) in [6.45, 7) is 7.49. The molecular formula is C19H27ClN2O4. The van der Waals surface area contributed by atoms with Crippen LogP contribution in [0, 0.1) is 5.92 Å². The zero-order valence-corrected chi connectivity index (χ0v) is 16.6. The SMILES string of the molecule is COC(=O)CC(N=CC(NC(=O)OC(C)C)C(C)C)c1ccc(Cl)cc1. The Hall–Kier alpha value is -2.08. The minimum atomic E-state index is -0.499. The predicted octanol–water partition coefficient (Wildman–Crippen LogP) is 4.17. The van der Waals surface area contributed by atoms with Crippen LogP contribution in [0.4, 0.5) is 4.79 Å². The molecule has 1 aromatic rings. The summed E-state index contributed by atoms with van der Waals surface area (Å²) in [5.74, 6) is -0.266. The first kappa shape index (κ1) is 22.0. The fourth-order valence-electron chi connectivity index (χ4n) is 2.14. The zero-order chi connectivity index (χ0) is 19.7. The smallest absolute Gasteiger partial charge is 0.407 e. The second-order valence-electron chi connectivity index (χ2n) is 6.51. The van der Waals surface area contributed by atoms with Crippen molar-refractivity contribution < 1.29 is 19.1 Å². The Morgan fingerprint density at radius 3 is 2.31 bits per heavy atom. The van der Waals surface area contributed by atoms with Gasteiger partial charge in [-0.3, -0.25) is 9.79 Å². The molecule has 0 aromatic heterocycles. The van der Waals surface area contributed by atoms with Crippen LogP contribution in [0.2, 0.25) is 5.02 Å². The minimum absolute atomic E-state index is 0.0931. The summed E-state index contributed by atoms with van der Waals surface area (Å²) in [5, 5.41) is 3.39. The van der Waals surface area contributed by atoms with E-state index in [0.29, 0.717) is 5.02 Å². The number of nitrogens with zero attached hydrogens (tertiary/aromatic N) is 1. The van der Waals surface area contributed by atoms with Gasteiger partial charge < -0.3 is 14.8 Å². The van der Waals surface area contributed by atoms with Crippen molar-refractivity contribution in [3.63, 3.8) is 0 Å². The summed E-state index contributed by atoms with van der Waals surface area (Å²) >= 11 is 5.93. The van der Waals surface area contributed by atoms with Gasteiger partial charge in [-0.25, -0.2) is 4.79 Å². The van der Waals surface area contributed by atoms with Gasteiger partial charge in [0.2, 0.25) is 0 Å². The summed E-state index contributed by atoms with van der Waals surface area (Å²) in [5.41, 5.74) is 0.836. The first-order chi connectivity index (χ1) is 12.2. The number of carbonyl (C=O) groups is 2. The molecule has 0 fully saturated rings. The number of benzene rings is 1. The highest BCUT2D eigenvalue weighted by atomic mass is 35.5. The van der Waals surface area contributed by atoms with Gasteiger partial charge in [0.1, 0.15) is 0 Å². The number of methoxy groups -OCH3 is 1. The fraction of sp³-hybridized carbons (Fsp3) is 0.526. The molecule has 0 radical (unpaired) electrons. The van der Waals surface area contributed by atoms with E-state index in [1.807, 2.05) is 26.0 Å². The molecule has 144 valence electrons. The Morgan fingerprint density at radius 1 is 1.19 bits per heavy atom. The summed E-state index contributed by atoms with van der Waals surface area (Å²) in [4.78, 5) is 28.1. The van der Waals surface area contributed by atoms with Gasteiger partial charge in [0.05, 0.1) is 31.7 Å². The Bertz CT molecular complexity index is 614. The van der Waals surface area contributed by atoms with E-state index in [9.17, 15) is 9.59 Å². The molecule has 2 unspecified atom stereocenters. The Kier molecular flexibility index (Phi) is 9.13. The highest BCUT2D eigenvalue weighted by Crippen LogP contribution is 2.23. The maximum absolute atomic E-state index is 11.9. The van der Waals surface area contributed by atoms with E-state index in [0.717, 1.165) is 5.56 Å².